The summed E-state index contributed by atoms with van der Waals surface area (Å²) < 4.78 is 5.11. The zero-order valence-electron chi connectivity index (χ0n) is 15.8. The van der Waals surface area contributed by atoms with Gasteiger partial charge in [-0.15, -0.1) is 0 Å². The molecule has 1 heterocycles. The zero-order chi connectivity index (χ0) is 19.8. The van der Waals surface area contributed by atoms with Gasteiger partial charge in [0.15, 0.2) is 5.76 Å². The summed E-state index contributed by atoms with van der Waals surface area (Å²) in [6.07, 6.45) is 3.59. The molecule has 0 aromatic carbocycles. The molecule has 0 saturated heterocycles. The largest absolute Gasteiger partial charge is 0.480 e. The summed E-state index contributed by atoms with van der Waals surface area (Å²) in [4.78, 5) is 36.4. The van der Waals surface area contributed by atoms with Crippen molar-refractivity contribution < 1.29 is 23.9 Å². The Kier molecular flexibility index (Phi) is 7.66. The molecule has 0 bridgehead atoms. The Morgan fingerprint density at radius 3 is 2.56 bits per heavy atom. The lowest BCUT2D eigenvalue weighted by molar-refractivity contribution is -0.139. The van der Waals surface area contributed by atoms with Crippen LogP contribution in [-0.2, 0) is 4.79 Å². The van der Waals surface area contributed by atoms with Crippen LogP contribution in [0.2, 0.25) is 0 Å². The van der Waals surface area contributed by atoms with Crippen LogP contribution in [0.15, 0.2) is 16.7 Å². The number of carbonyl (C=O) groups is 3. The number of hydrogen-bond acceptors (Lipinski definition) is 5. The van der Waals surface area contributed by atoms with Crippen LogP contribution < -0.4 is 16.0 Å². The van der Waals surface area contributed by atoms with Crippen molar-refractivity contribution in [3.8, 4) is 0 Å². The molecular formula is C18H28N4O5. The number of amides is 3. The molecule has 1 fully saturated rings. The molecule has 27 heavy (non-hydrogen) atoms. The number of hydrogen-bond donors (Lipinski definition) is 4. The van der Waals surface area contributed by atoms with Crippen LogP contribution >= 0.6 is 0 Å². The molecule has 1 aliphatic rings. The molecule has 0 spiro atoms. The highest BCUT2D eigenvalue weighted by Gasteiger charge is 2.34. The number of carboxylic acid groups (broad SMARTS) is 1. The Morgan fingerprint density at radius 2 is 1.96 bits per heavy atom. The van der Waals surface area contributed by atoms with Gasteiger partial charge < -0.3 is 25.5 Å². The number of carboxylic acids is 1. The molecule has 3 amide bonds. The van der Waals surface area contributed by atoms with E-state index in [0.29, 0.717) is 31.8 Å². The van der Waals surface area contributed by atoms with Crippen molar-refractivity contribution in [2.24, 2.45) is 0 Å². The van der Waals surface area contributed by atoms with Crippen molar-refractivity contribution in [1.82, 2.24) is 20.9 Å². The van der Waals surface area contributed by atoms with Crippen LogP contribution in [-0.4, -0.2) is 66.2 Å². The van der Waals surface area contributed by atoms with Gasteiger partial charge in [0, 0.05) is 30.7 Å². The summed E-state index contributed by atoms with van der Waals surface area (Å²) in [7, 11) is 0. The number of furan rings is 1. The fourth-order valence-corrected chi connectivity index (χ4v) is 3.09. The van der Waals surface area contributed by atoms with Crippen LogP contribution in [0.25, 0.3) is 0 Å². The fourth-order valence-electron chi connectivity index (χ4n) is 3.09. The van der Waals surface area contributed by atoms with E-state index in [-0.39, 0.29) is 30.6 Å². The Morgan fingerprint density at radius 1 is 1.26 bits per heavy atom. The minimum atomic E-state index is -0.833. The predicted octanol–water partition coefficient (Wildman–Crippen LogP) is 0.945. The summed E-state index contributed by atoms with van der Waals surface area (Å²) in [5.41, 5.74) is 0.786. The molecule has 1 aromatic heterocycles. The summed E-state index contributed by atoms with van der Waals surface area (Å²) in [5.74, 6) is -0.783. The Bertz CT molecular complexity index is 654. The van der Waals surface area contributed by atoms with E-state index in [9.17, 15) is 14.4 Å². The van der Waals surface area contributed by atoms with Crippen molar-refractivity contribution >= 4 is 17.9 Å². The molecule has 9 heteroatoms. The first kappa shape index (κ1) is 20.8. The van der Waals surface area contributed by atoms with Gasteiger partial charge in [-0.2, -0.15) is 0 Å². The Labute approximate surface area is 158 Å². The number of aryl methyl sites for hydroxylation is 1. The molecule has 0 aliphatic heterocycles. The topological polar surface area (TPSA) is 124 Å². The predicted molar refractivity (Wildman–Crippen MR) is 98.6 cm³/mol. The van der Waals surface area contributed by atoms with Gasteiger partial charge in [0.2, 0.25) is 0 Å². The molecule has 2 rings (SSSR count). The lowest BCUT2D eigenvalue weighted by atomic mass is 9.85. The highest BCUT2D eigenvalue weighted by Crippen LogP contribution is 2.25. The van der Waals surface area contributed by atoms with E-state index in [1.807, 2.05) is 11.8 Å². The number of urea groups is 1. The Balaban J connectivity index is 1.54. The number of nitrogens with zero attached hydrogens (tertiary/aromatic N) is 1. The average Bonchev–Trinajstić information content (AvgIpc) is 3.01. The highest BCUT2D eigenvalue weighted by molar-refractivity contribution is 5.92. The minimum Gasteiger partial charge on any atom is -0.480 e. The third-order valence-electron chi connectivity index (χ3n) is 4.70. The highest BCUT2D eigenvalue weighted by atomic mass is 16.4. The summed E-state index contributed by atoms with van der Waals surface area (Å²) in [6, 6.07) is 1.76. The van der Waals surface area contributed by atoms with Gasteiger partial charge in [0.25, 0.3) is 5.91 Å². The van der Waals surface area contributed by atoms with E-state index in [1.165, 1.54) is 6.26 Å². The van der Waals surface area contributed by atoms with E-state index in [4.69, 9.17) is 9.52 Å². The average molecular weight is 380 g/mol. The lowest BCUT2D eigenvalue weighted by Gasteiger charge is -2.42. The third kappa shape index (κ3) is 6.28. The smallest absolute Gasteiger partial charge is 0.317 e. The van der Waals surface area contributed by atoms with Crippen LogP contribution in [0.1, 0.15) is 42.3 Å². The molecule has 1 aromatic rings. The molecular weight excluding hydrogens is 352 g/mol. The second kappa shape index (κ2) is 9.96. The van der Waals surface area contributed by atoms with Gasteiger partial charge in [-0.05, 0) is 38.8 Å². The number of carbonyl (C=O) groups excluding carboxylic acids is 2. The summed E-state index contributed by atoms with van der Waals surface area (Å²) in [5, 5.41) is 17.3. The number of nitrogens with one attached hydrogen (secondary N) is 3. The lowest BCUT2D eigenvalue weighted by Crippen LogP contribution is -2.56. The standard InChI is InChI=1S/C18H28N4O5/c1-3-22(11-15(23)24)14-9-13(10-14)21-18(26)20-7-4-6-19-17(25)16-12(2)5-8-27-16/h5,8,13-14H,3-4,6-7,9-11H2,1-2H3,(H,19,25)(H,23,24)(H2,20,21,26). The van der Waals surface area contributed by atoms with Gasteiger partial charge in [-0.3, -0.25) is 14.5 Å². The minimum absolute atomic E-state index is 0.0311. The van der Waals surface area contributed by atoms with Crippen LogP contribution in [0.4, 0.5) is 4.79 Å². The number of rotatable bonds is 10. The normalized spacial score (nSPS) is 18.6. The van der Waals surface area contributed by atoms with Crippen molar-refractivity contribution in [2.75, 3.05) is 26.2 Å². The molecule has 0 unspecified atom stereocenters. The Hall–Kier alpha value is -2.55. The molecule has 0 atom stereocenters. The maximum atomic E-state index is 11.9. The number of aliphatic carboxylic acids is 1. The van der Waals surface area contributed by atoms with Gasteiger partial charge in [-0.25, -0.2) is 4.79 Å². The van der Waals surface area contributed by atoms with Gasteiger partial charge in [0.05, 0.1) is 12.8 Å². The molecule has 0 radical (unpaired) electrons. The SMILES string of the molecule is CCN(CC(=O)O)C1CC(NC(=O)NCCCNC(=O)c2occc2C)C1. The third-order valence-corrected chi connectivity index (χ3v) is 4.70. The summed E-state index contributed by atoms with van der Waals surface area (Å²) in [6.45, 7) is 5.33. The molecule has 4 N–H and O–H groups in total. The second-order valence-corrected chi connectivity index (χ2v) is 6.72. The van der Waals surface area contributed by atoms with E-state index in [1.54, 1.807) is 13.0 Å². The molecule has 1 saturated carbocycles. The first-order chi connectivity index (χ1) is 12.9. The van der Waals surface area contributed by atoms with E-state index >= 15 is 0 Å². The second-order valence-electron chi connectivity index (χ2n) is 6.72. The van der Waals surface area contributed by atoms with E-state index in [0.717, 1.165) is 18.4 Å². The van der Waals surface area contributed by atoms with Crippen molar-refractivity contribution in [3.63, 3.8) is 0 Å². The number of likely N-dealkylation sites (N-methyl/N-ethyl adjacent to an activating group) is 1. The van der Waals surface area contributed by atoms with Gasteiger partial charge in [0.1, 0.15) is 0 Å². The summed E-state index contributed by atoms with van der Waals surface area (Å²) >= 11 is 0. The van der Waals surface area contributed by atoms with Crippen molar-refractivity contribution in [3.05, 3.63) is 23.7 Å². The van der Waals surface area contributed by atoms with Crippen molar-refractivity contribution in [1.29, 1.82) is 0 Å². The van der Waals surface area contributed by atoms with Crippen molar-refractivity contribution in [2.45, 2.75) is 45.2 Å². The molecule has 1 aliphatic carbocycles. The van der Waals surface area contributed by atoms with Crippen LogP contribution in [0, 0.1) is 6.92 Å². The zero-order valence-corrected chi connectivity index (χ0v) is 15.8. The first-order valence-corrected chi connectivity index (χ1v) is 9.23. The van der Waals surface area contributed by atoms with Crippen LogP contribution in [0.3, 0.4) is 0 Å². The molecule has 9 nitrogen and oxygen atoms in total. The van der Waals surface area contributed by atoms with E-state index in [2.05, 4.69) is 16.0 Å². The monoisotopic (exact) mass is 380 g/mol. The van der Waals surface area contributed by atoms with Gasteiger partial charge >= 0.3 is 12.0 Å². The quantitative estimate of drug-likeness (QED) is 0.448. The first-order valence-electron chi connectivity index (χ1n) is 9.23. The maximum Gasteiger partial charge on any atom is 0.317 e. The fraction of sp³-hybridized carbons (Fsp3) is 0.611. The van der Waals surface area contributed by atoms with E-state index < -0.39 is 5.97 Å². The maximum absolute atomic E-state index is 11.9. The van der Waals surface area contributed by atoms with Crippen LogP contribution in [0.5, 0.6) is 0 Å². The molecule has 150 valence electrons. The van der Waals surface area contributed by atoms with Gasteiger partial charge in [-0.1, -0.05) is 6.92 Å².